The SMILES string of the molecule is NC(=O)Cn1cc(C=Nc2ccc(O)c(C(=O)O)c2)c2ccccc21. The normalized spacial score (nSPS) is 11.2. The van der Waals surface area contributed by atoms with E-state index in [0.29, 0.717) is 5.69 Å². The molecule has 3 aromatic rings. The first-order chi connectivity index (χ1) is 12.0. The molecule has 0 fully saturated rings. The zero-order valence-corrected chi connectivity index (χ0v) is 13.1. The molecule has 0 unspecified atom stereocenters. The number of carboxylic acid groups (broad SMARTS) is 1. The van der Waals surface area contributed by atoms with Crippen molar-refractivity contribution in [3.05, 3.63) is 59.8 Å². The molecule has 126 valence electrons. The Kier molecular flexibility index (Phi) is 4.21. The molecule has 0 aliphatic carbocycles. The van der Waals surface area contributed by atoms with Crippen LogP contribution in [0.1, 0.15) is 15.9 Å². The predicted octanol–water partition coefficient (Wildman–Crippen LogP) is 2.28. The van der Waals surface area contributed by atoms with Gasteiger partial charge in [0.05, 0.1) is 5.69 Å². The summed E-state index contributed by atoms with van der Waals surface area (Å²) in [5.74, 6) is -1.99. The minimum Gasteiger partial charge on any atom is -0.507 e. The topological polar surface area (TPSA) is 118 Å². The maximum absolute atomic E-state index is 11.2. The molecule has 0 aliphatic heterocycles. The molecule has 2 aromatic carbocycles. The first-order valence-electron chi connectivity index (χ1n) is 7.42. The van der Waals surface area contributed by atoms with Gasteiger partial charge < -0.3 is 20.5 Å². The molecule has 1 amide bonds. The Balaban J connectivity index is 2.00. The van der Waals surface area contributed by atoms with Crippen molar-refractivity contribution in [1.82, 2.24) is 4.57 Å². The number of rotatable bonds is 5. The number of aromatic nitrogens is 1. The van der Waals surface area contributed by atoms with Gasteiger partial charge in [0.1, 0.15) is 17.9 Å². The van der Waals surface area contributed by atoms with E-state index >= 15 is 0 Å². The van der Waals surface area contributed by atoms with Crippen molar-refractivity contribution < 1.29 is 19.8 Å². The number of nitrogens with zero attached hydrogens (tertiary/aromatic N) is 2. The monoisotopic (exact) mass is 337 g/mol. The van der Waals surface area contributed by atoms with E-state index in [2.05, 4.69) is 4.99 Å². The summed E-state index contributed by atoms with van der Waals surface area (Å²) >= 11 is 0. The molecule has 25 heavy (non-hydrogen) atoms. The number of benzene rings is 2. The summed E-state index contributed by atoms with van der Waals surface area (Å²) in [5.41, 5.74) is 7.06. The van der Waals surface area contributed by atoms with Gasteiger partial charge in [0, 0.05) is 28.9 Å². The van der Waals surface area contributed by atoms with E-state index < -0.39 is 11.9 Å². The first-order valence-corrected chi connectivity index (χ1v) is 7.42. The number of carbonyl (C=O) groups excluding carboxylic acids is 1. The van der Waals surface area contributed by atoms with Crippen LogP contribution in [0.25, 0.3) is 10.9 Å². The smallest absolute Gasteiger partial charge is 0.339 e. The number of nitrogens with two attached hydrogens (primary N) is 1. The van der Waals surface area contributed by atoms with E-state index in [1.165, 1.54) is 18.2 Å². The second-order valence-electron chi connectivity index (χ2n) is 5.46. The molecule has 0 saturated heterocycles. The Bertz CT molecular complexity index is 1000. The van der Waals surface area contributed by atoms with Gasteiger partial charge in [-0.3, -0.25) is 9.79 Å². The summed E-state index contributed by atoms with van der Waals surface area (Å²) in [6.45, 7) is 0.0523. The zero-order chi connectivity index (χ0) is 18.0. The second kappa shape index (κ2) is 6.48. The van der Waals surface area contributed by atoms with Crippen molar-refractivity contribution in [3.63, 3.8) is 0 Å². The van der Waals surface area contributed by atoms with E-state index in [-0.39, 0.29) is 17.9 Å². The third kappa shape index (κ3) is 3.35. The van der Waals surface area contributed by atoms with Crippen LogP contribution in [0.3, 0.4) is 0 Å². The number of carbonyl (C=O) groups is 2. The summed E-state index contributed by atoms with van der Waals surface area (Å²) in [6.07, 6.45) is 3.34. The lowest BCUT2D eigenvalue weighted by molar-refractivity contribution is -0.118. The largest absolute Gasteiger partial charge is 0.507 e. The number of phenols is 1. The summed E-state index contributed by atoms with van der Waals surface area (Å²) in [5, 5.41) is 19.5. The van der Waals surface area contributed by atoms with Crippen LogP contribution in [0.5, 0.6) is 5.75 Å². The quantitative estimate of drug-likeness (QED) is 0.619. The molecule has 1 heterocycles. The third-order valence-corrected chi connectivity index (χ3v) is 3.71. The van der Waals surface area contributed by atoms with Crippen LogP contribution in [0, 0.1) is 0 Å². The number of para-hydroxylation sites is 1. The third-order valence-electron chi connectivity index (χ3n) is 3.71. The van der Waals surface area contributed by atoms with Crippen molar-refractivity contribution in [2.75, 3.05) is 0 Å². The summed E-state index contributed by atoms with van der Waals surface area (Å²) in [4.78, 5) is 26.6. The van der Waals surface area contributed by atoms with Gasteiger partial charge in [0.2, 0.25) is 5.91 Å². The van der Waals surface area contributed by atoms with Gasteiger partial charge in [-0.15, -0.1) is 0 Å². The molecular formula is C18H15N3O4. The number of carboxylic acids is 1. The standard InChI is InChI=1S/C18H15N3O4/c19-17(23)10-21-9-11(13-3-1-2-4-15(13)21)8-20-12-5-6-16(22)14(7-12)18(24)25/h1-9,22H,10H2,(H2,19,23)(H,24,25). The number of amides is 1. The molecule has 7 heteroatoms. The van der Waals surface area contributed by atoms with E-state index in [1.54, 1.807) is 17.0 Å². The fourth-order valence-electron chi connectivity index (χ4n) is 2.60. The van der Waals surface area contributed by atoms with Crippen molar-refractivity contribution >= 4 is 34.7 Å². The molecule has 1 aromatic heterocycles. The number of aromatic carboxylic acids is 1. The highest BCUT2D eigenvalue weighted by molar-refractivity contribution is 6.01. The number of hydrogen-bond acceptors (Lipinski definition) is 4. The molecule has 0 atom stereocenters. The fraction of sp³-hybridized carbons (Fsp3) is 0.0556. The number of hydrogen-bond donors (Lipinski definition) is 3. The Morgan fingerprint density at radius 3 is 2.68 bits per heavy atom. The van der Waals surface area contributed by atoms with Crippen LogP contribution >= 0.6 is 0 Å². The summed E-state index contributed by atoms with van der Waals surface area (Å²) in [7, 11) is 0. The van der Waals surface area contributed by atoms with E-state index in [0.717, 1.165) is 16.5 Å². The van der Waals surface area contributed by atoms with Crippen molar-refractivity contribution in [2.24, 2.45) is 10.7 Å². The van der Waals surface area contributed by atoms with Crippen molar-refractivity contribution in [1.29, 1.82) is 0 Å². The van der Waals surface area contributed by atoms with Crippen LogP contribution in [0.4, 0.5) is 5.69 Å². The van der Waals surface area contributed by atoms with Gasteiger partial charge in [-0.25, -0.2) is 4.79 Å². The molecule has 0 bridgehead atoms. The summed E-state index contributed by atoms with van der Waals surface area (Å²) in [6, 6.07) is 11.6. The number of aromatic hydroxyl groups is 1. The van der Waals surface area contributed by atoms with Crippen LogP contribution in [0.15, 0.2) is 53.7 Å². The zero-order valence-electron chi connectivity index (χ0n) is 13.1. The fourth-order valence-corrected chi connectivity index (χ4v) is 2.60. The van der Waals surface area contributed by atoms with Crippen LogP contribution < -0.4 is 5.73 Å². The Morgan fingerprint density at radius 2 is 1.96 bits per heavy atom. The van der Waals surface area contributed by atoms with Gasteiger partial charge in [0.15, 0.2) is 0 Å². The minimum atomic E-state index is -1.23. The van der Waals surface area contributed by atoms with Gasteiger partial charge >= 0.3 is 5.97 Å². The van der Waals surface area contributed by atoms with Crippen LogP contribution in [-0.4, -0.2) is 32.9 Å². The Morgan fingerprint density at radius 1 is 1.20 bits per heavy atom. The number of aliphatic imine (C=N–C) groups is 1. The molecule has 0 saturated carbocycles. The van der Waals surface area contributed by atoms with E-state index in [9.17, 15) is 14.7 Å². The lowest BCUT2D eigenvalue weighted by atomic mass is 10.1. The van der Waals surface area contributed by atoms with E-state index in [4.69, 9.17) is 10.8 Å². The highest BCUT2D eigenvalue weighted by atomic mass is 16.4. The van der Waals surface area contributed by atoms with Gasteiger partial charge in [-0.1, -0.05) is 18.2 Å². The minimum absolute atomic E-state index is 0.0523. The average molecular weight is 337 g/mol. The molecule has 7 nitrogen and oxygen atoms in total. The first kappa shape index (κ1) is 16.3. The average Bonchev–Trinajstić information content (AvgIpc) is 2.91. The van der Waals surface area contributed by atoms with E-state index in [1.807, 2.05) is 24.3 Å². The van der Waals surface area contributed by atoms with Crippen LogP contribution in [-0.2, 0) is 11.3 Å². The molecular weight excluding hydrogens is 322 g/mol. The lowest BCUT2D eigenvalue weighted by Gasteiger charge is -2.00. The maximum Gasteiger partial charge on any atom is 0.339 e. The van der Waals surface area contributed by atoms with Gasteiger partial charge in [-0.05, 0) is 24.3 Å². The number of primary amides is 1. The summed E-state index contributed by atoms with van der Waals surface area (Å²) < 4.78 is 1.73. The predicted molar refractivity (Wildman–Crippen MR) is 93.5 cm³/mol. The molecule has 3 rings (SSSR count). The Labute approximate surface area is 142 Å². The number of fused-ring (bicyclic) bond motifs is 1. The van der Waals surface area contributed by atoms with Gasteiger partial charge in [0.25, 0.3) is 0 Å². The lowest BCUT2D eigenvalue weighted by Crippen LogP contribution is -2.17. The molecule has 0 aliphatic rings. The highest BCUT2D eigenvalue weighted by Crippen LogP contribution is 2.24. The van der Waals surface area contributed by atoms with Crippen molar-refractivity contribution in [3.8, 4) is 5.75 Å². The van der Waals surface area contributed by atoms with Gasteiger partial charge in [-0.2, -0.15) is 0 Å². The molecule has 0 spiro atoms. The maximum atomic E-state index is 11.2. The highest BCUT2D eigenvalue weighted by Gasteiger charge is 2.11. The second-order valence-corrected chi connectivity index (χ2v) is 5.46. The molecule has 4 N–H and O–H groups in total. The van der Waals surface area contributed by atoms with Crippen molar-refractivity contribution in [2.45, 2.75) is 6.54 Å². The Hall–Kier alpha value is -3.61. The molecule has 0 radical (unpaired) electrons. The van der Waals surface area contributed by atoms with Crippen LogP contribution in [0.2, 0.25) is 0 Å².